The van der Waals surface area contributed by atoms with Crippen LogP contribution in [0.25, 0.3) is 16.4 Å². The van der Waals surface area contributed by atoms with Gasteiger partial charge in [-0.15, -0.1) is 11.3 Å². The third-order valence-electron chi connectivity index (χ3n) is 6.69. The fourth-order valence-electron chi connectivity index (χ4n) is 3.60. The van der Waals surface area contributed by atoms with Gasteiger partial charge in [0.1, 0.15) is 16.5 Å². The van der Waals surface area contributed by atoms with E-state index in [4.69, 9.17) is 26.1 Å². The molecular formula is C27H31ClN6OSSi. The number of nitriles is 1. The lowest BCUT2D eigenvalue weighted by Gasteiger charge is -2.36. The van der Waals surface area contributed by atoms with Crippen LogP contribution in [0.1, 0.15) is 37.6 Å². The number of nitrogens with one attached hydrogen (secondary N) is 1. The van der Waals surface area contributed by atoms with Crippen LogP contribution in [-0.4, -0.2) is 34.7 Å². The number of thiazole rings is 1. The van der Waals surface area contributed by atoms with Crippen molar-refractivity contribution >= 4 is 42.8 Å². The minimum absolute atomic E-state index is 0.114. The van der Waals surface area contributed by atoms with Gasteiger partial charge in [-0.1, -0.05) is 32.4 Å². The molecule has 0 aliphatic carbocycles. The van der Waals surface area contributed by atoms with E-state index >= 15 is 0 Å². The lowest BCUT2D eigenvalue weighted by molar-refractivity contribution is 0.292. The molecule has 0 radical (unpaired) electrons. The second-order valence-electron chi connectivity index (χ2n) is 10.4. The number of anilines is 2. The molecule has 0 saturated heterocycles. The van der Waals surface area contributed by atoms with Gasteiger partial charge in [0.2, 0.25) is 0 Å². The van der Waals surface area contributed by atoms with Crippen molar-refractivity contribution in [1.82, 2.24) is 19.7 Å². The lowest BCUT2D eigenvalue weighted by Crippen LogP contribution is -2.41. The molecule has 0 bridgehead atoms. The first kappa shape index (κ1) is 27.0. The van der Waals surface area contributed by atoms with Crippen molar-refractivity contribution in [3.05, 3.63) is 69.9 Å². The minimum atomic E-state index is -1.93. The van der Waals surface area contributed by atoms with Gasteiger partial charge in [-0.25, -0.2) is 14.6 Å². The Kier molecular flexibility index (Phi) is 7.85. The number of hydrogen-bond donors (Lipinski definition) is 1. The van der Waals surface area contributed by atoms with Crippen LogP contribution in [0.15, 0.2) is 48.1 Å². The highest BCUT2D eigenvalue weighted by atomic mass is 35.5. The van der Waals surface area contributed by atoms with Crippen LogP contribution >= 0.6 is 22.9 Å². The number of halogens is 1. The maximum atomic E-state index is 9.21. The first-order chi connectivity index (χ1) is 17.5. The second kappa shape index (κ2) is 10.8. The molecule has 3 aromatic heterocycles. The summed E-state index contributed by atoms with van der Waals surface area (Å²) in [6.45, 7) is 13.7. The Bertz CT molecular complexity index is 1440. The molecule has 0 fully saturated rings. The molecule has 4 aromatic rings. The van der Waals surface area contributed by atoms with Gasteiger partial charge in [0.05, 0.1) is 28.0 Å². The van der Waals surface area contributed by atoms with Crippen LogP contribution < -0.4 is 5.32 Å². The molecule has 7 nitrogen and oxygen atoms in total. The Hall–Kier alpha value is -3.03. The van der Waals surface area contributed by atoms with Crippen LogP contribution in [0.5, 0.6) is 0 Å². The molecule has 0 amide bonds. The summed E-state index contributed by atoms with van der Waals surface area (Å²) in [6, 6.07) is 11.3. The van der Waals surface area contributed by atoms with Crippen LogP contribution in [-0.2, 0) is 10.8 Å². The lowest BCUT2D eigenvalue weighted by atomic mass is 10.1. The van der Waals surface area contributed by atoms with Crippen molar-refractivity contribution in [3.8, 4) is 22.5 Å². The van der Waals surface area contributed by atoms with E-state index in [1.807, 2.05) is 35.3 Å². The summed E-state index contributed by atoms with van der Waals surface area (Å²) in [5, 5.41) is 20.8. The predicted molar refractivity (Wildman–Crippen MR) is 154 cm³/mol. The van der Waals surface area contributed by atoms with Gasteiger partial charge in [-0.2, -0.15) is 10.4 Å². The van der Waals surface area contributed by atoms with Crippen molar-refractivity contribution in [3.63, 3.8) is 0 Å². The Morgan fingerprint density at radius 2 is 2.00 bits per heavy atom. The summed E-state index contributed by atoms with van der Waals surface area (Å²) in [5.74, 6) is 0.687. The van der Waals surface area contributed by atoms with E-state index in [2.05, 4.69) is 50.2 Å². The average molecular weight is 551 g/mol. The SMILES string of the molecule is Cc1cc(-n2ccc(-c3nccs3)n2)c(CCO[Si](C)(C)C(C)(C)C)c(Nc2ccc(C#N)cc2Cl)n1. The van der Waals surface area contributed by atoms with E-state index < -0.39 is 8.32 Å². The summed E-state index contributed by atoms with van der Waals surface area (Å²) >= 11 is 8.05. The summed E-state index contributed by atoms with van der Waals surface area (Å²) < 4.78 is 8.40. The number of hydrogen-bond acceptors (Lipinski definition) is 7. The molecule has 0 spiro atoms. The predicted octanol–water partition coefficient (Wildman–Crippen LogP) is 7.53. The normalized spacial score (nSPS) is 11.9. The van der Waals surface area contributed by atoms with Crippen LogP contribution in [0.2, 0.25) is 23.2 Å². The van der Waals surface area contributed by atoms with Crippen LogP contribution in [0.3, 0.4) is 0 Å². The monoisotopic (exact) mass is 550 g/mol. The topological polar surface area (TPSA) is 88.6 Å². The summed E-state index contributed by atoms with van der Waals surface area (Å²) in [7, 11) is -1.93. The molecule has 3 heterocycles. The third-order valence-corrected chi connectivity index (χ3v) is 12.3. The smallest absolute Gasteiger partial charge is 0.191 e. The molecule has 0 atom stereocenters. The minimum Gasteiger partial charge on any atom is -0.416 e. The fourth-order valence-corrected chi connectivity index (χ4v) is 5.47. The number of aryl methyl sites for hydroxylation is 1. The molecule has 4 rings (SSSR count). The van der Waals surface area contributed by atoms with Gasteiger partial charge < -0.3 is 9.74 Å². The van der Waals surface area contributed by atoms with E-state index in [9.17, 15) is 5.26 Å². The molecule has 0 saturated carbocycles. The van der Waals surface area contributed by atoms with Gasteiger partial charge in [0.25, 0.3) is 0 Å². The molecule has 0 unspecified atom stereocenters. The molecule has 192 valence electrons. The zero-order valence-corrected chi connectivity index (χ0v) is 24.5. The Labute approximate surface area is 228 Å². The van der Waals surface area contributed by atoms with Gasteiger partial charge in [-0.3, -0.25) is 0 Å². The maximum Gasteiger partial charge on any atom is 0.191 e. The first-order valence-corrected chi connectivity index (χ1v) is 16.2. The third kappa shape index (κ3) is 6.10. The number of nitrogens with zero attached hydrogens (tertiary/aromatic N) is 5. The average Bonchev–Trinajstić information content (AvgIpc) is 3.52. The van der Waals surface area contributed by atoms with Crippen LogP contribution in [0, 0.1) is 18.3 Å². The van der Waals surface area contributed by atoms with Crippen molar-refractivity contribution < 1.29 is 4.43 Å². The highest BCUT2D eigenvalue weighted by molar-refractivity contribution is 7.13. The molecule has 1 N–H and O–H groups in total. The van der Waals surface area contributed by atoms with E-state index in [0.29, 0.717) is 35.1 Å². The second-order valence-corrected chi connectivity index (χ2v) is 16.5. The zero-order valence-electron chi connectivity index (χ0n) is 22.0. The van der Waals surface area contributed by atoms with Gasteiger partial charge >= 0.3 is 0 Å². The largest absolute Gasteiger partial charge is 0.416 e. The number of benzene rings is 1. The molecular weight excluding hydrogens is 520 g/mol. The Morgan fingerprint density at radius 3 is 2.65 bits per heavy atom. The highest BCUT2D eigenvalue weighted by Gasteiger charge is 2.37. The molecule has 1 aromatic carbocycles. The molecule has 10 heteroatoms. The van der Waals surface area contributed by atoms with Crippen molar-refractivity contribution in [1.29, 1.82) is 5.26 Å². The quantitative estimate of drug-likeness (QED) is 0.228. The molecule has 37 heavy (non-hydrogen) atoms. The maximum absolute atomic E-state index is 9.21. The van der Waals surface area contributed by atoms with Gasteiger partial charge in [0.15, 0.2) is 8.32 Å². The molecule has 0 aliphatic rings. The van der Waals surface area contributed by atoms with Crippen molar-refractivity contribution in [2.75, 3.05) is 11.9 Å². The van der Waals surface area contributed by atoms with Crippen molar-refractivity contribution in [2.45, 2.75) is 52.2 Å². The van der Waals surface area contributed by atoms with E-state index in [1.165, 1.54) is 0 Å². The van der Waals surface area contributed by atoms with E-state index in [-0.39, 0.29) is 5.04 Å². The van der Waals surface area contributed by atoms with E-state index in [0.717, 1.165) is 27.6 Å². The number of aromatic nitrogens is 4. The number of rotatable bonds is 8. The summed E-state index contributed by atoms with van der Waals surface area (Å²) in [5.41, 5.74) is 4.73. The Balaban J connectivity index is 1.74. The summed E-state index contributed by atoms with van der Waals surface area (Å²) in [6.07, 6.45) is 4.36. The van der Waals surface area contributed by atoms with Crippen molar-refractivity contribution in [2.24, 2.45) is 0 Å². The standard InChI is InChI=1S/C27H31ClN6OSSi/c1-18-15-24(34-12-9-23(33-34)26-30-11-14-36-26)20(10-13-35-37(5,6)27(2,3)4)25(31-18)32-22-8-7-19(17-29)16-21(22)28/h7-9,11-12,14-16H,10,13H2,1-6H3,(H,31,32). The highest BCUT2D eigenvalue weighted by Crippen LogP contribution is 2.37. The fraction of sp³-hybridized carbons (Fsp3) is 0.333. The van der Waals surface area contributed by atoms with Crippen LogP contribution in [0.4, 0.5) is 11.5 Å². The number of pyridine rings is 1. The van der Waals surface area contributed by atoms with E-state index in [1.54, 1.807) is 35.7 Å². The zero-order chi connectivity index (χ0) is 26.8. The first-order valence-electron chi connectivity index (χ1n) is 12.1. The van der Waals surface area contributed by atoms with Gasteiger partial charge in [-0.05, 0) is 55.4 Å². The Morgan fingerprint density at radius 1 is 1.22 bits per heavy atom. The summed E-state index contributed by atoms with van der Waals surface area (Å²) in [4.78, 5) is 9.22. The van der Waals surface area contributed by atoms with Gasteiger partial charge in [0, 0.05) is 42.1 Å². The molecule has 0 aliphatic heterocycles.